The normalized spacial score (nSPS) is 20.3. The number of rotatable bonds is 16. The molecule has 5 aliphatic heterocycles. The third kappa shape index (κ3) is 13.1. The van der Waals surface area contributed by atoms with Crippen molar-refractivity contribution in [2.75, 3.05) is 94.9 Å². The van der Waals surface area contributed by atoms with Crippen LogP contribution in [0.4, 0.5) is 16.2 Å². The second-order valence-corrected chi connectivity index (χ2v) is 17.3. The molecule has 24 heteroatoms. The molecule has 0 unspecified atom stereocenters. The van der Waals surface area contributed by atoms with Crippen LogP contribution < -0.4 is 37.2 Å². The summed E-state index contributed by atoms with van der Waals surface area (Å²) in [5.41, 5.74) is 1.26. The lowest BCUT2D eigenvalue weighted by molar-refractivity contribution is -0.155. The Morgan fingerprint density at radius 2 is 1.16 bits per heavy atom. The molecular formula is C40H52N12O10S2. The second-order valence-electron chi connectivity index (χ2n) is 15.6. The SMILES string of the molecule is O=C(CCN1C(=O)C=CC1=O)NCC(=O)N1CCN(C(=O)C(=O)N2CCN(C(=O)CNC(=O)CNC(=S)Nc3ccc(NC(=O)CCCC[C@@H]4SC[C@@H]5NC(=O)N[C@@H]54)cc3)CC2)CC1. The van der Waals surface area contributed by atoms with Crippen molar-refractivity contribution in [1.29, 1.82) is 0 Å². The van der Waals surface area contributed by atoms with Gasteiger partial charge in [0.25, 0.3) is 11.8 Å². The van der Waals surface area contributed by atoms with Crippen LogP contribution in [-0.4, -0.2) is 190 Å². The van der Waals surface area contributed by atoms with Crippen LogP contribution in [0.2, 0.25) is 0 Å². The topological polar surface area (TPSA) is 271 Å². The third-order valence-corrected chi connectivity index (χ3v) is 13.0. The number of imide groups is 1. The summed E-state index contributed by atoms with van der Waals surface area (Å²) in [6, 6.07) is 7.17. The van der Waals surface area contributed by atoms with Gasteiger partial charge < -0.3 is 56.8 Å². The Hall–Kier alpha value is -6.30. The molecule has 6 rings (SSSR count). The second kappa shape index (κ2) is 22.4. The van der Waals surface area contributed by atoms with Gasteiger partial charge in [-0.1, -0.05) is 6.42 Å². The molecule has 22 nitrogen and oxygen atoms in total. The number of thiocarbonyl (C=S) groups is 1. The zero-order valence-corrected chi connectivity index (χ0v) is 36.7. The predicted octanol–water partition coefficient (Wildman–Crippen LogP) is -2.47. The van der Waals surface area contributed by atoms with E-state index in [4.69, 9.17) is 12.2 Å². The minimum absolute atomic E-state index is 0.0891. The number of unbranched alkanes of at least 4 members (excludes halogenated alkanes) is 1. The molecule has 4 saturated heterocycles. The van der Waals surface area contributed by atoms with Gasteiger partial charge in [-0.2, -0.15) is 11.8 Å². The average Bonchev–Trinajstić information content (AvgIpc) is 3.96. The summed E-state index contributed by atoms with van der Waals surface area (Å²) in [4.78, 5) is 130. The molecule has 0 aliphatic carbocycles. The summed E-state index contributed by atoms with van der Waals surface area (Å²) in [5.74, 6) is -3.33. The van der Waals surface area contributed by atoms with Crippen molar-refractivity contribution in [1.82, 2.24) is 51.1 Å². The summed E-state index contributed by atoms with van der Waals surface area (Å²) in [5, 5.41) is 20.1. The van der Waals surface area contributed by atoms with Gasteiger partial charge in [-0.05, 0) is 49.3 Å². The highest BCUT2D eigenvalue weighted by atomic mass is 32.2. The minimum atomic E-state index is -0.718. The maximum Gasteiger partial charge on any atom is 0.315 e. The van der Waals surface area contributed by atoms with E-state index < -0.39 is 35.4 Å². The van der Waals surface area contributed by atoms with Crippen LogP contribution in [-0.2, 0) is 43.2 Å². The van der Waals surface area contributed by atoms with Crippen LogP contribution in [0, 0.1) is 0 Å². The molecule has 5 aliphatic rings. The van der Waals surface area contributed by atoms with Gasteiger partial charge in [-0.15, -0.1) is 0 Å². The monoisotopic (exact) mass is 924 g/mol. The van der Waals surface area contributed by atoms with Gasteiger partial charge in [-0.25, -0.2) is 4.79 Å². The number of thioether (sulfide) groups is 1. The lowest BCUT2D eigenvalue weighted by atomic mass is 10.0. The Balaban J connectivity index is 0.783. The van der Waals surface area contributed by atoms with Crippen LogP contribution >= 0.6 is 24.0 Å². The predicted molar refractivity (Wildman–Crippen MR) is 236 cm³/mol. The van der Waals surface area contributed by atoms with E-state index in [2.05, 4.69) is 37.2 Å². The molecule has 0 bridgehead atoms. The molecule has 0 radical (unpaired) electrons. The zero-order chi connectivity index (χ0) is 45.8. The Bertz CT molecular complexity index is 2020. The summed E-state index contributed by atoms with van der Waals surface area (Å²) in [6.45, 7) is 0.244. The molecule has 4 fully saturated rings. The number of carbonyl (C=O) groups is 10. The number of nitrogens with zero attached hydrogens (tertiary/aromatic N) is 5. The van der Waals surface area contributed by atoms with Crippen LogP contribution in [0.5, 0.6) is 0 Å². The Kier molecular flexibility index (Phi) is 16.5. The standard InChI is InChI=1S/C40H52N12O10S2/c53-29(11-12-52-32(56)9-10-33(52)57)41-22-34(58)48-13-17-50(18-14-48)37(60)38(61)51-19-15-49(16-20-51)35(59)23-42-31(55)21-43-40(63)45-26-7-5-25(6-8-26)44-30(54)4-2-1-3-28-36-27(24-64-28)46-39(62)47-36/h5-10,27-28,36H,1-4,11-24H2,(H,41,53)(H,42,55)(H,44,54)(H2,43,45,63)(H2,46,47,62)/t27-,28-,36-/m0/s1. The number of piperazine rings is 2. The van der Waals surface area contributed by atoms with Crippen molar-refractivity contribution in [2.45, 2.75) is 49.4 Å². The maximum absolute atomic E-state index is 13.0. The first-order valence-electron chi connectivity index (χ1n) is 21.1. The fourth-order valence-corrected chi connectivity index (χ4v) is 9.38. The van der Waals surface area contributed by atoms with E-state index in [1.54, 1.807) is 24.3 Å². The van der Waals surface area contributed by atoms with E-state index in [0.717, 1.165) is 42.1 Å². The van der Waals surface area contributed by atoms with Gasteiger partial charge in [0.2, 0.25) is 29.5 Å². The van der Waals surface area contributed by atoms with Gasteiger partial charge in [0, 0.05) is 106 Å². The van der Waals surface area contributed by atoms with Gasteiger partial charge in [0.05, 0.1) is 31.7 Å². The van der Waals surface area contributed by atoms with E-state index in [0.29, 0.717) is 23.0 Å². The van der Waals surface area contributed by atoms with Crippen LogP contribution in [0.15, 0.2) is 36.4 Å². The van der Waals surface area contributed by atoms with Crippen LogP contribution in [0.3, 0.4) is 0 Å². The van der Waals surface area contributed by atoms with E-state index in [1.807, 2.05) is 11.8 Å². The van der Waals surface area contributed by atoms with Crippen molar-refractivity contribution < 1.29 is 47.9 Å². The number of urea groups is 1. The first-order chi connectivity index (χ1) is 30.7. The number of benzene rings is 1. The third-order valence-electron chi connectivity index (χ3n) is 11.3. The number of carbonyl (C=O) groups excluding carboxylic acids is 10. The lowest BCUT2D eigenvalue weighted by Crippen LogP contribution is -2.58. The van der Waals surface area contributed by atoms with E-state index in [1.165, 1.54) is 19.6 Å². The van der Waals surface area contributed by atoms with Crippen molar-refractivity contribution in [3.05, 3.63) is 36.4 Å². The molecule has 3 atom stereocenters. The first kappa shape index (κ1) is 47.2. The molecule has 11 amide bonds. The summed E-state index contributed by atoms with van der Waals surface area (Å²) >= 11 is 7.15. The van der Waals surface area contributed by atoms with Crippen LogP contribution in [0.1, 0.15) is 32.1 Å². The highest BCUT2D eigenvalue weighted by Gasteiger charge is 2.42. The molecule has 344 valence electrons. The molecule has 7 N–H and O–H groups in total. The summed E-state index contributed by atoms with van der Waals surface area (Å²) in [7, 11) is 0. The van der Waals surface area contributed by atoms with E-state index in [9.17, 15) is 47.9 Å². The fourth-order valence-electron chi connectivity index (χ4n) is 7.65. The average molecular weight is 925 g/mol. The molecule has 0 saturated carbocycles. The zero-order valence-electron chi connectivity index (χ0n) is 35.1. The molecule has 0 spiro atoms. The molecule has 5 heterocycles. The van der Waals surface area contributed by atoms with Gasteiger partial charge in [0.1, 0.15) is 0 Å². The number of hydrogen-bond donors (Lipinski definition) is 7. The van der Waals surface area contributed by atoms with Crippen molar-refractivity contribution >= 4 is 99.7 Å². The van der Waals surface area contributed by atoms with E-state index in [-0.39, 0.29) is 126 Å². The fraction of sp³-hybridized carbons (Fsp3) is 0.525. The number of hydrogen-bond acceptors (Lipinski definition) is 12. The Morgan fingerprint density at radius 1 is 0.625 bits per heavy atom. The number of anilines is 2. The Labute approximate surface area is 378 Å². The lowest BCUT2D eigenvalue weighted by Gasteiger charge is -2.37. The molecular weight excluding hydrogens is 873 g/mol. The Morgan fingerprint density at radius 3 is 1.73 bits per heavy atom. The molecule has 1 aromatic rings. The smallest absolute Gasteiger partial charge is 0.315 e. The van der Waals surface area contributed by atoms with Crippen LogP contribution in [0.25, 0.3) is 0 Å². The summed E-state index contributed by atoms with van der Waals surface area (Å²) in [6.07, 6.45) is 5.04. The molecule has 1 aromatic carbocycles. The number of amides is 11. The highest BCUT2D eigenvalue weighted by molar-refractivity contribution is 8.00. The van der Waals surface area contributed by atoms with Gasteiger partial charge in [-0.3, -0.25) is 48.1 Å². The highest BCUT2D eigenvalue weighted by Crippen LogP contribution is 2.33. The van der Waals surface area contributed by atoms with Crippen molar-refractivity contribution in [3.63, 3.8) is 0 Å². The van der Waals surface area contributed by atoms with E-state index >= 15 is 0 Å². The number of nitrogens with one attached hydrogen (secondary N) is 7. The van der Waals surface area contributed by atoms with Crippen molar-refractivity contribution in [3.8, 4) is 0 Å². The summed E-state index contributed by atoms with van der Waals surface area (Å²) < 4.78 is 0. The molecule has 64 heavy (non-hydrogen) atoms. The van der Waals surface area contributed by atoms with Gasteiger partial charge >= 0.3 is 17.8 Å². The van der Waals surface area contributed by atoms with Crippen molar-refractivity contribution in [2.24, 2.45) is 0 Å². The maximum atomic E-state index is 13.0. The van der Waals surface area contributed by atoms with Gasteiger partial charge in [0.15, 0.2) is 5.11 Å². The minimum Gasteiger partial charge on any atom is -0.353 e. The molecule has 0 aromatic heterocycles. The largest absolute Gasteiger partial charge is 0.353 e. The number of fused-ring (bicyclic) bond motifs is 1. The first-order valence-corrected chi connectivity index (χ1v) is 22.5. The quantitative estimate of drug-likeness (QED) is 0.0298.